The zero-order valence-electron chi connectivity index (χ0n) is 9.73. The van der Waals surface area contributed by atoms with Crippen LogP contribution in [0.1, 0.15) is 12.0 Å². The molecule has 0 saturated carbocycles. The van der Waals surface area contributed by atoms with Gasteiger partial charge in [-0.05, 0) is 32.3 Å². The van der Waals surface area contributed by atoms with Crippen molar-refractivity contribution in [3.05, 3.63) is 53.2 Å². The van der Waals surface area contributed by atoms with Gasteiger partial charge in [-0.15, -0.1) is 0 Å². The molecule has 0 aliphatic heterocycles. The Bertz CT molecular complexity index is 880. The first-order chi connectivity index (χ1) is 8.88. The van der Waals surface area contributed by atoms with Crippen LogP contribution in [0, 0.1) is 0 Å². The van der Waals surface area contributed by atoms with Crippen molar-refractivity contribution in [2.24, 2.45) is 0 Å². The minimum Gasteiger partial charge on any atom is -0.233 e. The Morgan fingerprint density at radius 1 is 0.889 bits per heavy atom. The fourth-order valence-electron chi connectivity index (χ4n) is 2.95. The summed E-state index contributed by atoms with van der Waals surface area (Å²) < 4.78 is 0. The molecule has 0 spiro atoms. The lowest BCUT2D eigenvalue weighted by Gasteiger charge is -2.15. The summed E-state index contributed by atoms with van der Waals surface area (Å²) in [5.41, 5.74) is 1.81. The summed E-state index contributed by atoms with van der Waals surface area (Å²) in [6.07, 6.45) is 2.80. The Morgan fingerprint density at radius 2 is 1.67 bits per heavy atom. The molecular weight excluding hydrogens is 220 g/mol. The van der Waals surface area contributed by atoms with Crippen molar-refractivity contribution in [3.8, 4) is 0 Å². The summed E-state index contributed by atoms with van der Waals surface area (Å²) in [4.78, 5) is 11.1. The van der Waals surface area contributed by atoms with Crippen molar-refractivity contribution in [2.45, 2.75) is 6.42 Å². The van der Waals surface area contributed by atoms with Crippen molar-refractivity contribution in [2.75, 3.05) is 0 Å². The van der Waals surface area contributed by atoms with Gasteiger partial charge in [-0.3, -0.25) is 0 Å². The molecule has 1 aliphatic carbocycles. The van der Waals surface area contributed by atoms with Crippen LogP contribution in [0.5, 0.6) is 0 Å². The summed E-state index contributed by atoms with van der Waals surface area (Å²) in [5.74, 6) is 2.09. The quantitative estimate of drug-likeness (QED) is 0.542. The summed E-state index contributed by atoms with van der Waals surface area (Å²) in [6.45, 7) is 0. The molecule has 0 bridgehead atoms. The van der Waals surface area contributed by atoms with Crippen molar-refractivity contribution < 1.29 is 4.79 Å². The molecule has 0 aromatic heterocycles. The average molecular weight is 230 g/mol. The van der Waals surface area contributed by atoms with Crippen LogP contribution in [0.3, 0.4) is 0 Å². The largest absolute Gasteiger partial charge is 0.233 e. The predicted molar refractivity (Wildman–Crippen MR) is 74.9 cm³/mol. The minimum absolute atomic E-state index is 0.684. The monoisotopic (exact) mass is 230 g/mol. The van der Waals surface area contributed by atoms with Crippen LogP contribution >= 0.6 is 0 Å². The molecule has 84 valence electrons. The second kappa shape index (κ2) is 3.32. The van der Waals surface area contributed by atoms with E-state index in [-0.39, 0.29) is 0 Å². The lowest BCUT2D eigenvalue weighted by atomic mass is 9.88. The lowest BCUT2D eigenvalue weighted by molar-refractivity contribution is 0.569. The van der Waals surface area contributed by atoms with Crippen molar-refractivity contribution >= 4 is 39.1 Å². The van der Waals surface area contributed by atoms with Crippen molar-refractivity contribution in [1.82, 2.24) is 0 Å². The molecule has 0 atom stereocenters. The smallest absolute Gasteiger partial charge is 0.128 e. The highest BCUT2D eigenvalue weighted by atomic mass is 16.1. The van der Waals surface area contributed by atoms with Crippen LogP contribution in [0.15, 0.2) is 42.5 Å². The van der Waals surface area contributed by atoms with Gasteiger partial charge >= 0.3 is 0 Å². The third kappa shape index (κ3) is 1.09. The lowest BCUT2D eigenvalue weighted by Crippen LogP contribution is -2.09. The Kier molecular flexibility index (Phi) is 1.78. The third-order valence-corrected chi connectivity index (χ3v) is 3.78. The maximum atomic E-state index is 11.1. The fraction of sp³-hybridized carbons (Fsp3) is 0.0588. The summed E-state index contributed by atoms with van der Waals surface area (Å²) >= 11 is 0. The molecule has 1 aliphatic rings. The van der Waals surface area contributed by atoms with Crippen LogP contribution < -0.4 is 5.22 Å². The SMILES string of the molecule is O=C=C1CC=c2ccc3cccc4ccc1c2c43. The van der Waals surface area contributed by atoms with Gasteiger partial charge in [-0.2, -0.15) is 0 Å². The van der Waals surface area contributed by atoms with Gasteiger partial charge in [-0.1, -0.05) is 48.5 Å². The number of rotatable bonds is 0. The maximum absolute atomic E-state index is 11.1. The normalized spacial score (nSPS) is 13.7. The molecule has 4 rings (SSSR count). The second-order valence-corrected chi connectivity index (χ2v) is 4.71. The highest BCUT2D eigenvalue weighted by molar-refractivity contribution is 6.16. The second-order valence-electron chi connectivity index (χ2n) is 4.71. The van der Waals surface area contributed by atoms with Crippen LogP contribution in [0.25, 0.3) is 33.2 Å². The van der Waals surface area contributed by atoms with Gasteiger partial charge in [0.15, 0.2) is 0 Å². The number of carbonyl (C=O) groups excluding carboxylic acids is 1. The van der Waals surface area contributed by atoms with E-state index in [0.29, 0.717) is 6.42 Å². The van der Waals surface area contributed by atoms with E-state index in [1.165, 1.54) is 26.8 Å². The fourth-order valence-corrected chi connectivity index (χ4v) is 2.95. The molecule has 0 heterocycles. The molecule has 18 heavy (non-hydrogen) atoms. The summed E-state index contributed by atoms with van der Waals surface area (Å²) in [6, 6.07) is 14.7. The molecule has 0 unspecified atom stereocenters. The Balaban J connectivity index is 2.41. The van der Waals surface area contributed by atoms with E-state index in [4.69, 9.17) is 0 Å². The number of hydrogen-bond acceptors (Lipinski definition) is 1. The molecule has 0 N–H and O–H groups in total. The molecule has 0 fully saturated rings. The number of benzene rings is 3. The van der Waals surface area contributed by atoms with Gasteiger partial charge in [0, 0.05) is 12.0 Å². The molecule has 0 radical (unpaired) electrons. The first kappa shape index (κ1) is 9.64. The van der Waals surface area contributed by atoms with Gasteiger partial charge in [0.1, 0.15) is 5.94 Å². The Hall–Kier alpha value is -2.37. The highest BCUT2D eigenvalue weighted by Crippen LogP contribution is 2.32. The standard InChI is InChI=1S/C17H10O/c18-10-14-7-6-13-5-4-11-2-1-3-12-8-9-15(14)17(13)16(11)12/h1-6,8-9H,7H2. The minimum atomic E-state index is 0.684. The molecule has 1 heteroatoms. The van der Waals surface area contributed by atoms with E-state index < -0.39 is 0 Å². The Labute approximate surface area is 104 Å². The van der Waals surface area contributed by atoms with Crippen molar-refractivity contribution in [1.29, 1.82) is 0 Å². The van der Waals surface area contributed by atoms with Gasteiger partial charge in [0.25, 0.3) is 0 Å². The number of allylic oxidation sites excluding steroid dienone is 1. The molecule has 1 nitrogen and oxygen atoms in total. The van der Waals surface area contributed by atoms with E-state index in [9.17, 15) is 4.79 Å². The molecule has 0 amide bonds. The van der Waals surface area contributed by atoms with Gasteiger partial charge in [0.05, 0.1) is 0 Å². The maximum Gasteiger partial charge on any atom is 0.128 e. The van der Waals surface area contributed by atoms with E-state index in [2.05, 4.69) is 48.4 Å². The average Bonchev–Trinajstić information content (AvgIpc) is 2.44. The Morgan fingerprint density at radius 3 is 2.44 bits per heavy atom. The molecule has 3 aromatic rings. The van der Waals surface area contributed by atoms with E-state index in [0.717, 1.165) is 11.1 Å². The molecular formula is C17H10O. The zero-order valence-corrected chi connectivity index (χ0v) is 9.73. The predicted octanol–water partition coefficient (Wildman–Crippen LogP) is 3.11. The van der Waals surface area contributed by atoms with E-state index in [1.807, 2.05) is 6.07 Å². The third-order valence-electron chi connectivity index (χ3n) is 3.78. The van der Waals surface area contributed by atoms with Gasteiger partial charge in [-0.25, -0.2) is 4.79 Å². The van der Waals surface area contributed by atoms with Crippen LogP contribution in [-0.2, 0) is 4.79 Å². The zero-order chi connectivity index (χ0) is 12.1. The topological polar surface area (TPSA) is 17.1 Å². The first-order valence-corrected chi connectivity index (χ1v) is 6.07. The van der Waals surface area contributed by atoms with Crippen LogP contribution in [0.4, 0.5) is 0 Å². The summed E-state index contributed by atoms with van der Waals surface area (Å²) in [7, 11) is 0. The first-order valence-electron chi connectivity index (χ1n) is 6.07. The highest BCUT2D eigenvalue weighted by Gasteiger charge is 2.14. The molecule has 0 saturated heterocycles. The van der Waals surface area contributed by atoms with Gasteiger partial charge in [0.2, 0.25) is 0 Å². The molecule has 3 aromatic carbocycles. The van der Waals surface area contributed by atoms with Crippen molar-refractivity contribution in [3.63, 3.8) is 0 Å². The summed E-state index contributed by atoms with van der Waals surface area (Å²) in [5, 5.41) is 6.15. The van der Waals surface area contributed by atoms with Crippen LogP contribution in [-0.4, -0.2) is 5.94 Å². The number of hydrogen-bond donors (Lipinski definition) is 0. The van der Waals surface area contributed by atoms with E-state index >= 15 is 0 Å². The van der Waals surface area contributed by atoms with Crippen LogP contribution in [0.2, 0.25) is 0 Å². The van der Waals surface area contributed by atoms with E-state index in [1.54, 1.807) is 0 Å². The van der Waals surface area contributed by atoms with Gasteiger partial charge < -0.3 is 0 Å².